The highest BCUT2D eigenvalue weighted by Gasteiger charge is 2.16. The Morgan fingerprint density at radius 3 is 2.59 bits per heavy atom. The molecule has 0 spiro atoms. The third kappa shape index (κ3) is 7.98. The first kappa shape index (κ1) is 31.1. The summed E-state index contributed by atoms with van der Waals surface area (Å²) in [7, 11) is -3.60. The van der Waals surface area contributed by atoms with Crippen molar-refractivity contribution < 1.29 is 27.4 Å². The van der Waals surface area contributed by atoms with E-state index in [4.69, 9.17) is 35.7 Å². The summed E-state index contributed by atoms with van der Waals surface area (Å²) in [5.41, 5.74) is 5.91. The molecule has 0 fully saturated rings. The quantitative estimate of drug-likeness (QED) is 0.208. The van der Waals surface area contributed by atoms with Crippen LogP contribution in [0.3, 0.4) is 0 Å². The van der Waals surface area contributed by atoms with Gasteiger partial charge in [-0.25, -0.2) is 13.6 Å². The molecule has 12 heteroatoms. The molecule has 0 aliphatic carbocycles. The Morgan fingerprint density at radius 1 is 1.00 bits per heavy atom. The van der Waals surface area contributed by atoms with Gasteiger partial charge in [0.1, 0.15) is 44.0 Å². The summed E-state index contributed by atoms with van der Waals surface area (Å²) in [5, 5.41) is 17.7. The van der Waals surface area contributed by atoms with Gasteiger partial charge in [0, 0.05) is 42.7 Å². The first-order valence-electron chi connectivity index (χ1n) is 13.8. The van der Waals surface area contributed by atoms with E-state index >= 15 is 0 Å². The zero-order valence-electron chi connectivity index (χ0n) is 24.0. The largest absolute Gasteiger partial charge is 0.488 e. The lowest BCUT2D eigenvalue weighted by Crippen LogP contribution is -2.27. The maximum absolute atomic E-state index is 11.3. The number of nitrogens with one attached hydrogen (secondary N) is 1. The number of aromatic nitrogens is 1. The highest BCUT2D eigenvalue weighted by molar-refractivity contribution is 7.89. The minimum absolute atomic E-state index is 0.143. The minimum atomic E-state index is -3.60. The number of ether oxygens (including phenoxy) is 4. The van der Waals surface area contributed by atoms with Crippen molar-refractivity contribution in [2.75, 3.05) is 25.5 Å². The topological polar surface area (TPSA) is 146 Å². The summed E-state index contributed by atoms with van der Waals surface area (Å²) in [5.74, 6) is 2.15. The van der Waals surface area contributed by atoms with E-state index < -0.39 is 10.0 Å². The van der Waals surface area contributed by atoms with Crippen LogP contribution in [0, 0.1) is 18.3 Å². The van der Waals surface area contributed by atoms with Crippen LogP contribution in [0.2, 0.25) is 5.02 Å². The molecule has 0 saturated carbocycles. The fourth-order valence-electron chi connectivity index (χ4n) is 4.70. The van der Waals surface area contributed by atoms with Gasteiger partial charge in [-0.3, -0.25) is 4.98 Å². The van der Waals surface area contributed by atoms with Gasteiger partial charge in [0.25, 0.3) is 0 Å². The average Bonchev–Trinajstić information content (AvgIpc) is 3.02. The van der Waals surface area contributed by atoms with Crippen molar-refractivity contribution in [1.82, 2.24) is 10.3 Å². The Morgan fingerprint density at radius 2 is 1.80 bits per heavy atom. The maximum Gasteiger partial charge on any atom is 0.210 e. The van der Waals surface area contributed by atoms with Crippen molar-refractivity contribution in [3.63, 3.8) is 0 Å². The Hall–Kier alpha value is -4.34. The summed E-state index contributed by atoms with van der Waals surface area (Å²) in [6, 6.07) is 19.1. The lowest BCUT2D eigenvalue weighted by atomic mass is 9.96. The number of hydrogen-bond donors (Lipinski definition) is 2. The number of nitrogens with zero attached hydrogens (tertiary/aromatic N) is 2. The van der Waals surface area contributed by atoms with Crippen LogP contribution >= 0.6 is 11.6 Å². The Bertz CT molecular complexity index is 1810. The van der Waals surface area contributed by atoms with Crippen molar-refractivity contribution in [3.8, 4) is 40.2 Å². The van der Waals surface area contributed by atoms with E-state index in [1.807, 2.05) is 37.3 Å². The Balaban J connectivity index is 1.35. The van der Waals surface area contributed by atoms with Crippen LogP contribution in [0.1, 0.15) is 27.8 Å². The third-order valence-corrected chi connectivity index (χ3v) is 8.06. The van der Waals surface area contributed by atoms with Crippen molar-refractivity contribution in [2.24, 2.45) is 5.14 Å². The molecule has 0 unspecified atom stereocenters. The number of sulfonamides is 1. The molecule has 3 aromatic carbocycles. The first-order chi connectivity index (χ1) is 21.2. The lowest BCUT2D eigenvalue weighted by Gasteiger charge is -2.20. The number of rotatable bonds is 12. The van der Waals surface area contributed by atoms with Gasteiger partial charge < -0.3 is 24.3 Å². The number of primary sulfonamides is 1. The van der Waals surface area contributed by atoms with Gasteiger partial charge in [-0.05, 0) is 53.4 Å². The SMILES string of the molecule is Cc1c(COc2cc(OCc3cncc(C#N)c3)c(CNCCS(N)(=O)=O)cc2Cl)cccc1-c1ccc2c(c1)OCCO2. The molecule has 1 aliphatic heterocycles. The van der Waals surface area contributed by atoms with Crippen molar-refractivity contribution in [2.45, 2.75) is 26.7 Å². The molecule has 0 atom stereocenters. The number of benzene rings is 3. The van der Waals surface area contributed by atoms with E-state index in [0.29, 0.717) is 46.4 Å². The third-order valence-electron chi connectivity index (χ3n) is 6.99. The highest BCUT2D eigenvalue weighted by atomic mass is 35.5. The zero-order chi connectivity index (χ0) is 31.1. The second kappa shape index (κ2) is 14.0. The van der Waals surface area contributed by atoms with E-state index in [0.717, 1.165) is 33.8 Å². The molecule has 0 bridgehead atoms. The van der Waals surface area contributed by atoms with Gasteiger partial charge >= 0.3 is 0 Å². The Labute approximate surface area is 261 Å². The van der Waals surface area contributed by atoms with Crippen LogP contribution in [-0.4, -0.2) is 38.9 Å². The fraction of sp³-hybridized carbons (Fsp3) is 0.250. The lowest BCUT2D eigenvalue weighted by molar-refractivity contribution is 0.171. The van der Waals surface area contributed by atoms with Crippen LogP contribution < -0.4 is 29.4 Å². The van der Waals surface area contributed by atoms with Gasteiger partial charge in [0.2, 0.25) is 10.0 Å². The molecule has 1 aliphatic rings. The molecule has 2 heterocycles. The van der Waals surface area contributed by atoms with Crippen LogP contribution in [0.15, 0.2) is 67.0 Å². The molecule has 0 amide bonds. The first-order valence-corrected chi connectivity index (χ1v) is 15.9. The van der Waals surface area contributed by atoms with E-state index in [2.05, 4.69) is 22.4 Å². The molecule has 44 heavy (non-hydrogen) atoms. The average molecular weight is 635 g/mol. The molecular weight excluding hydrogens is 604 g/mol. The van der Waals surface area contributed by atoms with Gasteiger partial charge in [0.15, 0.2) is 11.5 Å². The standard InChI is InChI=1S/C32H31ClN4O6S/c1-21-25(3-2-4-27(21)24-5-6-29-32(13-24)41-9-8-40-29)20-43-31-14-30(42-19-23-11-22(15-34)16-37-17-23)26(12-28(31)33)18-36-7-10-44(35,38)39/h2-6,11-14,16-17,36H,7-10,18-20H2,1H3,(H2,35,38,39). The summed E-state index contributed by atoms with van der Waals surface area (Å²) >= 11 is 6.65. The van der Waals surface area contributed by atoms with Gasteiger partial charge in [-0.2, -0.15) is 5.26 Å². The molecule has 1 aromatic heterocycles. The van der Waals surface area contributed by atoms with Gasteiger partial charge in [0.05, 0.1) is 16.3 Å². The molecule has 0 radical (unpaired) electrons. The zero-order valence-corrected chi connectivity index (χ0v) is 25.6. The van der Waals surface area contributed by atoms with Crippen LogP contribution in [0.25, 0.3) is 11.1 Å². The summed E-state index contributed by atoms with van der Waals surface area (Å²) in [4.78, 5) is 4.08. The Kier molecular flexibility index (Phi) is 9.87. The predicted molar refractivity (Wildman–Crippen MR) is 166 cm³/mol. The van der Waals surface area contributed by atoms with Gasteiger partial charge in [-0.15, -0.1) is 0 Å². The van der Waals surface area contributed by atoms with E-state index in [1.165, 1.54) is 6.20 Å². The molecule has 10 nitrogen and oxygen atoms in total. The minimum Gasteiger partial charge on any atom is -0.488 e. The fourth-order valence-corrected chi connectivity index (χ4v) is 5.37. The molecule has 3 N–H and O–H groups in total. The molecule has 4 aromatic rings. The summed E-state index contributed by atoms with van der Waals surface area (Å²) in [6.07, 6.45) is 3.10. The van der Waals surface area contributed by atoms with Crippen LogP contribution in [0.4, 0.5) is 0 Å². The number of pyridine rings is 1. The van der Waals surface area contributed by atoms with E-state index in [-0.39, 0.29) is 32.1 Å². The van der Waals surface area contributed by atoms with E-state index in [9.17, 15) is 13.7 Å². The monoisotopic (exact) mass is 634 g/mol. The van der Waals surface area contributed by atoms with Crippen molar-refractivity contribution in [1.29, 1.82) is 5.26 Å². The van der Waals surface area contributed by atoms with Crippen molar-refractivity contribution in [3.05, 3.63) is 99.8 Å². The molecular formula is C32H31ClN4O6S. The number of hydrogen-bond acceptors (Lipinski definition) is 9. The highest BCUT2D eigenvalue weighted by Crippen LogP contribution is 2.37. The molecule has 5 rings (SSSR count). The van der Waals surface area contributed by atoms with Crippen molar-refractivity contribution >= 4 is 21.6 Å². The van der Waals surface area contributed by atoms with Crippen LogP contribution in [-0.2, 0) is 29.8 Å². The smallest absolute Gasteiger partial charge is 0.210 e. The second-order valence-electron chi connectivity index (χ2n) is 10.2. The molecule has 228 valence electrons. The van der Waals surface area contributed by atoms with Crippen LogP contribution in [0.5, 0.6) is 23.0 Å². The summed E-state index contributed by atoms with van der Waals surface area (Å²) < 4.78 is 46.4. The number of nitriles is 1. The predicted octanol–water partition coefficient (Wildman–Crippen LogP) is 4.89. The number of halogens is 1. The number of nitrogens with two attached hydrogens (primary N) is 1. The molecule has 0 saturated heterocycles. The normalized spacial score (nSPS) is 12.4. The second-order valence-corrected chi connectivity index (χ2v) is 12.3. The number of fused-ring (bicyclic) bond motifs is 1. The summed E-state index contributed by atoms with van der Waals surface area (Å²) in [6.45, 7) is 3.92. The van der Waals surface area contributed by atoms with Gasteiger partial charge in [-0.1, -0.05) is 35.9 Å². The maximum atomic E-state index is 11.3. The van der Waals surface area contributed by atoms with E-state index in [1.54, 1.807) is 24.4 Å².